The lowest BCUT2D eigenvalue weighted by Gasteiger charge is -2.44. The molecule has 1 aliphatic rings. The van der Waals surface area contributed by atoms with Crippen LogP contribution >= 0.6 is 0 Å². The minimum Gasteiger partial charge on any atom is -0.380 e. The number of nitrogens with zero attached hydrogens (tertiary/aromatic N) is 1. The van der Waals surface area contributed by atoms with Gasteiger partial charge in [0.15, 0.2) is 0 Å². The molecule has 0 saturated carbocycles. The van der Waals surface area contributed by atoms with Crippen molar-refractivity contribution in [1.29, 1.82) is 0 Å². The number of nitrogens with one attached hydrogen (secondary N) is 1. The first-order valence-corrected chi connectivity index (χ1v) is 8.19. The highest BCUT2D eigenvalue weighted by Gasteiger charge is 2.32. The maximum atomic E-state index is 5.56. The second kappa shape index (κ2) is 8.93. The second-order valence-electron chi connectivity index (χ2n) is 6.05. The predicted molar refractivity (Wildman–Crippen MR) is 82.6 cm³/mol. The summed E-state index contributed by atoms with van der Waals surface area (Å²) >= 11 is 0. The smallest absolute Gasteiger partial charge is 0.0593 e. The standard InChI is InChI=1S/C16H34N2O/c1-6-13(4)15-12-18(9-10-19-8-3)16(11-17-15)14(5)7-2/h13-17H,6-12H2,1-5H3. The lowest BCUT2D eigenvalue weighted by molar-refractivity contribution is 0.0413. The fourth-order valence-corrected chi connectivity index (χ4v) is 2.94. The van der Waals surface area contributed by atoms with Crippen LogP contribution in [0.3, 0.4) is 0 Å². The van der Waals surface area contributed by atoms with Crippen LogP contribution in [0.15, 0.2) is 0 Å². The van der Waals surface area contributed by atoms with Gasteiger partial charge in [0.1, 0.15) is 0 Å². The molecule has 3 heteroatoms. The largest absolute Gasteiger partial charge is 0.380 e. The van der Waals surface area contributed by atoms with Gasteiger partial charge in [-0.25, -0.2) is 0 Å². The monoisotopic (exact) mass is 270 g/mol. The second-order valence-corrected chi connectivity index (χ2v) is 6.05. The molecule has 0 amide bonds. The Morgan fingerprint density at radius 1 is 1.16 bits per heavy atom. The summed E-state index contributed by atoms with van der Waals surface area (Å²) in [5, 5.41) is 3.77. The summed E-state index contributed by atoms with van der Waals surface area (Å²) < 4.78 is 5.56. The van der Waals surface area contributed by atoms with Crippen LogP contribution in [0.1, 0.15) is 47.5 Å². The van der Waals surface area contributed by atoms with Crippen LogP contribution in [-0.2, 0) is 4.74 Å². The summed E-state index contributed by atoms with van der Waals surface area (Å²) in [6.45, 7) is 16.5. The molecule has 19 heavy (non-hydrogen) atoms. The minimum atomic E-state index is 0.645. The summed E-state index contributed by atoms with van der Waals surface area (Å²) in [6.07, 6.45) is 2.51. The molecule has 1 fully saturated rings. The van der Waals surface area contributed by atoms with Gasteiger partial charge in [-0.3, -0.25) is 4.90 Å². The zero-order valence-corrected chi connectivity index (χ0v) is 13.6. The molecule has 114 valence electrons. The number of piperazine rings is 1. The first-order valence-electron chi connectivity index (χ1n) is 8.19. The zero-order chi connectivity index (χ0) is 14.3. The van der Waals surface area contributed by atoms with Crippen molar-refractivity contribution in [2.24, 2.45) is 11.8 Å². The van der Waals surface area contributed by atoms with Crippen LogP contribution in [-0.4, -0.2) is 49.8 Å². The van der Waals surface area contributed by atoms with Crippen molar-refractivity contribution in [1.82, 2.24) is 10.2 Å². The number of rotatable bonds is 8. The molecule has 0 radical (unpaired) electrons. The number of hydrogen-bond donors (Lipinski definition) is 1. The van der Waals surface area contributed by atoms with Crippen molar-refractivity contribution in [3.8, 4) is 0 Å². The summed E-state index contributed by atoms with van der Waals surface area (Å²) in [5.41, 5.74) is 0. The molecule has 0 aromatic carbocycles. The molecule has 4 unspecified atom stereocenters. The summed E-state index contributed by atoms with van der Waals surface area (Å²) in [7, 11) is 0. The van der Waals surface area contributed by atoms with E-state index in [-0.39, 0.29) is 0 Å². The van der Waals surface area contributed by atoms with Gasteiger partial charge in [0.2, 0.25) is 0 Å². The maximum Gasteiger partial charge on any atom is 0.0593 e. The first kappa shape index (κ1) is 16.9. The van der Waals surface area contributed by atoms with E-state index in [1.165, 1.54) is 19.4 Å². The van der Waals surface area contributed by atoms with E-state index in [1.54, 1.807) is 0 Å². The van der Waals surface area contributed by atoms with Crippen LogP contribution in [0.2, 0.25) is 0 Å². The molecule has 1 saturated heterocycles. The van der Waals surface area contributed by atoms with Crippen molar-refractivity contribution in [3.63, 3.8) is 0 Å². The van der Waals surface area contributed by atoms with Crippen molar-refractivity contribution in [2.45, 2.75) is 59.5 Å². The quantitative estimate of drug-likeness (QED) is 0.686. The van der Waals surface area contributed by atoms with E-state index < -0.39 is 0 Å². The molecule has 1 N–H and O–H groups in total. The molecule has 4 atom stereocenters. The Morgan fingerprint density at radius 3 is 2.42 bits per heavy atom. The van der Waals surface area contributed by atoms with E-state index in [1.807, 2.05) is 0 Å². The minimum absolute atomic E-state index is 0.645. The Bertz CT molecular complexity index is 235. The van der Waals surface area contributed by atoms with Gasteiger partial charge in [-0.1, -0.05) is 40.5 Å². The third-order valence-corrected chi connectivity index (χ3v) is 4.85. The molecule has 1 rings (SSSR count). The average Bonchev–Trinajstić information content (AvgIpc) is 2.45. The highest BCUT2D eigenvalue weighted by molar-refractivity contribution is 4.90. The highest BCUT2D eigenvalue weighted by atomic mass is 16.5. The van der Waals surface area contributed by atoms with Gasteiger partial charge in [0.25, 0.3) is 0 Å². The summed E-state index contributed by atoms with van der Waals surface area (Å²) in [4.78, 5) is 2.66. The van der Waals surface area contributed by atoms with E-state index in [0.717, 1.165) is 38.1 Å². The van der Waals surface area contributed by atoms with Gasteiger partial charge < -0.3 is 10.1 Å². The molecule has 0 aliphatic carbocycles. The van der Waals surface area contributed by atoms with Crippen molar-refractivity contribution >= 4 is 0 Å². The van der Waals surface area contributed by atoms with E-state index >= 15 is 0 Å². The van der Waals surface area contributed by atoms with E-state index in [4.69, 9.17) is 4.74 Å². The van der Waals surface area contributed by atoms with Crippen molar-refractivity contribution in [3.05, 3.63) is 0 Å². The SMILES string of the molecule is CCOCCN1CC(C(C)CC)NCC1C(C)CC. The fraction of sp³-hybridized carbons (Fsp3) is 1.00. The molecule has 0 aromatic heterocycles. The van der Waals surface area contributed by atoms with Crippen LogP contribution in [0, 0.1) is 11.8 Å². The molecular weight excluding hydrogens is 236 g/mol. The molecular formula is C16H34N2O. The number of ether oxygens (including phenoxy) is 1. The lowest BCUT2D eigenvalue weighted by Crippen LogP contribution is -2.60. The zero-order valence-electron chi connectivity index (χ0n) is 13.6. The molecule has 1 aliphatic heterocycles. The van der Waals surface area contributed by atoms with Crippen LogP contribution in [0.5, 0.6) is 0 Å². The Morgan fingerprint density at radius 2 is 1.84 bits per heavy atom. The third kappa shape index (κ3) is 5.05. The highest BCUT2D eigenvalue weighted by Crippen LogP contribution is 2.21. The van der Waals surface area contributed by atoms with Gasteiger partial charge in [0.05, 0.1) is 6.61 Å². The van der Waals surface area contributed by atoms with Crippen LogP contribution in [0.4, 0.5) is 0 Å². The van der Waals surface area contributed by atoms with E-state index in [0.29, 0.717) is 12.1 Å². The number of hydrogen-bond acceptors (Lipinski definition) is 3. The average molecular weight is 270 g/mol. The molecule has 0 spiro atoms. The third-order valence-electron chi connectivity index (χ3n) is 4.85. The summed E-state index contributed by atoms with van der Waals surface area (Å²) in [6, 6.07) is 1.32. The molecule has 0 aromatic rings. The van der Waals surface area contributed by atoms with Crippen molar-refractivity contribution < 1.29 is 4.74 Å². The molecule has 3 nitrogen and oxygen atoms in total. The van der Waals surface area contributed by atoms with Gasteiger partial charge >= 0.3 is 0 Å². The van der Waals surface area contributed by atoms with Gasteiger partial charge in [-0.05, 0) is 18.8 Å². The van der Waals surface area contributed by atoms with Crippen molar-refractivity contribution in [2.75, 3.05) is 32.8 Å². The summed E-state index contributed by atoms with van der Waals surface area (Å²) in [5.74, 6) is 1.51. The maximum absolute atomic E-state index is 5.56. The lowest BCUT2D eigenvalue weighted by atomic mass is 9.90. The Labute approximate surface area is 120 Å². The Balaban J connectivity index is 2.57. The van der Waals surface area contributed by atoms with Crippen LogP contribution < -0.4 is 5.32 Å². The molecule has 1 heterocycles. The topological polar surface area (TPSA) is 24.5 Å². The van der Waals surface area contributed by atoms with Crippen LogP contribution in [0.25, 0.3) is 0 Å². The first-order chi connectivity index (χ1) is 9.13. The Hall–Kier alpha value is -0.120. The fourth-order valence-electron chi connectivity index (χ4n) is 2.94. The predicted octanol–water partition coefficient (Wildman–Crippen LogP) is 2.76. The van der Waals surface area contributed by atoms with Gasteiger partial charge in [-0.15, -0.1) is 0 Å². The molecule has 0 bridgehead atoms. The Kier molecular flexibility index (Phi) is 7.96. The van der Waals surface area contributed by atoms with Gasteiger partial charge in [0, 0.05) is 38.3 Å². The normalized spacial score (nSPS) is 28.3. The van der Waals surface area contributed by atoms with E-state index in [2.05, 4.69) is 44.8 Å². The van der Waals surface area contributed by atoms with E-state index in [9.17, 15) is 0 Å². The van der Waals surface area contributed by atoms with Gasteiger partial charge in [-0.2, -0.15) is 0 Å².